The van der Waals surface area contributed by atoms with E-state index >= 15 is 0 Å². The molecule has 0 radical (unpaired) electrons. The second kappa shape index (κ2) is 5.12. The number of halogens is 1. The van der Waals surface area contributed by atoms with Crippen LogP contribution in [0.3, 0.4) is 0 Å². The molecule has 0 amide bonds. The van der Waals surface area contributed by atoms with Crippen LogP contribution in [0.5, 0.6) is 0 Å². The van der Waals surface area contributed by atoms with Gasteiger partial charge in [0, 0.05) is 12.1 Å². The zero-order valence-corrected chi connectivity index (χ0v) is 10.1. The van der Waals surface area contributed by atoms with Crippen LogP contribution in [0.4, 0.5) is 5.82 Å². The maximum atomic E-state index is 6.03. The Hall–Kier alpha value is -1.09. The molecule has 82 valence electrons. The van der Waals surface area contributed by atoms with Gasteiger partial charge in [-0.15, -0.1) is 0 Å². The van der Waals surface area contributed by atoms with Gasteiger partial charge in [-0.2, -0.15) is 0 Å². The van der Waals surface area contributed by atoms with E-state index in [1.807, 2.05) is 6.92 Å². The van der Waals surface area contributed by atoms with E-state index in [-0.39, 0.29) is 0 Å². The fourth-order valence-electron chi connectivity index (χ4n) is 1.26. The first-order chi connectivity index (χ1) is 7.02. The van der Waals surface area contributed by atoms with E-state index in [0.29, 0.717) is 17.6 Å². The normalized spacial score (nSPS) is 10.5. The molecule has 0 saturated heterocycles. The molecule has 0 unspecified atom stereocenters. The average molecular weight is 226 g/mol. The predicted octanol–water partition coefficient (Wildman–Crippen LogP) is 3.24. The lowest BCUT2D eigenvalue weighted by Crippen LogP contribution is -2.08. The first kappa shape index (κ1) is 12.0. The van der Waals surface area contributed by atoms with Crippen molar-refractivity contribution in [2.45, 2.75) is 26.7 Å². The van der Waals surface area contributed by atoms with Crippen molar-refractivity contribution in [2.75, 3.05) is 11.9 Å². The molecule has 0 aliphatic rings. The molecule has 0 bridgehead atoms. The van der Waals surface area contributed by atoms with Crippen molar-refractivity contribution in [3.8, 4) is 0 Å². The fourth-order valence-corrected chi connectivity index (χ4v) is 1.61. The van der Waals surface area contributed by atoms with Gasteiger partial charge in [0.25, 0.3) is 0 Å². The summed E-state index contributed by atoms with van der Waals surface area (Å²) in [6.45, 7) is 10.6. The van der Waals surface area contributed by atoms with Crippen LogP contribution >= 0.6 is 11.6 Å². The van der Waals surface area contributed by atoms with Gasteiger partial charge in [-0.05, 0) is 12.8 Å². The number of rotatable bonds is 4. The lowest BCUT2D eigenvalue weighted by atomic mass is 10.1. The molecule has 15 heavy (non-hydrogen) atoms. The quantitative estimate of drug-likeness (QED) is 0.632. The molecule has 0 aliphatic heterocycles. The molecule has 0 aliphatic carbocycles. The topological polar surface area (TPSA) is 37.8 Å². The zero-order chi connectivity index (χ0) is 11.4. The number of nitrogens with zero attached hydrogens (tertiary/aromatic N) is 2. The third-order valence-electron chi connectivity index (χ3n) is 1.97. The molecule has 0 saturated carbocycles. The summed E-state index contributed by atoms with van der Waals surface area (Å²) in [5, 5.41) is 3.72. The molecule has 0 atom stereocenters. The van der Waals surface area contributed by atoms with Crippen LogP contribution in [0.15, 0.2) is 18.5 Å². The molecule has 0 aromatic carbocycles. The van der Waals surface area contributed by atoms with Crippen LogP contribution in [0.1, 0.15) is 32.3 Å². The van der Waals surface area contributed by atoms with Crippen LogP contribution in [-0.4, -0.2) is 16.5 Å². The van der Waals surface area contributed by atoms with Gasteiger partial charge < -0.3 is 5.32 Å². The minimum atomic E-state index is 0.298. The third kappa shape index (κ3) is 3.20. The van der Waals surface area contributed by atoms with Gasteiger partial charge in [-0.25, -0.2) is 9.97 Å². The molecule has 3 nitrogen and oxygen atoms in total. The lowest BCUT2D eigenvalue weighted by molar-refractivity contribution is 0.846. The fraction of sp³-hybridized carbons (Fsp3) is 0.455. The van der Waals surface area contributed by atoms with Crippen LogP contribution in [0.25, 0.3) is 0 Å². The number of hydrogen-bond donors (Lipinski definition) is 1. The first-order valence-electron chi connectivity index (χ1n) is 4.91. The van der Waals surface area contributed by atoms with E-state index in [1.54, 1.807) is 0 Å². The Morgan fingerprint density at radius 3 is 2.73 bits per heavy atom. The molecule has 1 aromatic heterocycles. The highest BCUT2D eigenvalue weighted by Crippen LogP contribution is 2.27. The predicted molar refractivity (Wildman–Crippen MR) is 64.4 cm³/mol. The summed E-state index contributed by atoms with van der Waals surface area (Å²) in [4.78, 5) is 8.16. The number of hydrogen-bond acceptors (Lipinski definition) is 3. The van der Waals surface area contributed by atoms with Gasteiger partial charge in [0.05, 0.1) is 0 Å². The van der Waals surface area contributed by atoms with E-state index < -0.39 is 0 Å². The van der Waals surface area contributed by atoms with Gasteiger partial charge >= 0.3 is 0 Å². The number of aromatic nitrogens is 2. The van der Waals surface area contributed by atoms with Crippen LogP contribution in [0.2, 0.25) is 5.15 Å². The molecule has 1 heterocycles. The minimum absolute atomic E-state index is 0.298. The molecule has 1 aromatic rings. The van der Waals surface area contributed by atoms with Crippen molar-refractivity contribution in [2.24, 2.45) is 0 Å². The van der Waals surface area contributed by atoms with Crippen molar-refractivity contribution in [1.82, 2.24) is 9.97 Å². The Balaban J connectivity index is 2.95. The first-order valence-corrected chi connectivity index (χ1v) is 5.28. The van der Waals surface area contributed by atoms with Crippen molar-refractivity contribution in [3.63, 3.8) is 0 Å². The van der Waals surface area contributed by atoms with Crippen molar-refractivity contribution in [1.29, 1.82) is 0 Å². The summed E-state index contributed by atoms with van der Waals surface area (Å²) in [6, 6.07) is 0. The molecular weight excluding hydrogens is 210 g/mol. The second-order valence-corrected chi connectivity index (χ2v) is 4.25. The smallest absolute Gasteiger partial charge is 0.138 e. The summed E-state index contributed by atoms with van der Waals surface area (Å²) in [7, 11) is 0. The number of anilines is 1. The molecule has 1 N–H and O–H groups in total. The molecule has 0 spiro atoms. The third-order valence-corrected chi connectivity index (χ3v) is 2.27. The summed E-state index contributed by atoms with van der Waals surface area (Å²) in [5.74, 6) is 1.10. The highest BCUT2D eigenvalue weighted by molar-refractivity contribution is 6.30. The van der Waals surface area contributed by atoms with Gasteiger partial charge in [0.15, 0.2) is 0 Å². The van der Waals surface area contributed by atoms with Crippen LogP contribution in [0, 0.1) is 0 Å². The minimum Gasteiger partial charge on any atom is -0.366 e. The summed E-state index contributed by atoms with van der Waals surface area (Å²) in [6.07, 6.45) is 1.47. The van der Waals surface area contributed by atoms with Crippen molar-refractivity contribution in [3.05, 3.63) is 29.2 Å². The Morgan fingerprint density at radius 2 is 2.20 bits per heavy atom. The summed E-state index contributed by atoms with van der Waals surface area (Å²) >= 11 is 6.03. The van der Waals surface area contributed by atoms with Crippen molar-refractivity contribution >= 4 is 17.4 Å². The molecule has 1 rings (SSSR count). The number of nitrogens with one attached hydrogen (secondary N) is 1. The average Bonchev–Trinajstić information content (AvgIpc) is 2.13. The largest absolute Gasteiger partial charge is 0.366 e. The Morgan fingerprint density at radius 1 is 1.53 bits per heavy atom. The lowest BCUT2D eigenvalue weighted by Gasteiger charge is -2.14. The SMILES string of the molecule is C=C(C)CNc1ncnc(Cl)c1C(C)C. The standard InChI is InChI=1S/C11H16ClN3/c1-7(2)5-13-11-9(8(3)4)10(12)14-6-15-11/h6,8H,1,5H2,2-4H3,(H,13,14,15). The Labute approximate surface area is 95.6 Å². The van der Waals surface area contributed by atoms with Gasteiger partial charge in [0.1, 0.15) is 17.3 Å². The highest BCUT2D eigenvalue weighted by Gasteiger charge is 2.12. The zero-order valence-electron chi connectivity index (χ0n) is 9.34. The monoisotopic (exact) mass is 225 g/mol. The van der Waals surface area contributed by atoms with E-state index in [2.05, 4.69) is 35.7 Å². The summed E-state index contributed by atoms with van der Waals surface area (Å²) < 4.78 is 0. The molecule has 4 heteroatoms. The van der Waals surface area contributed by atoms with Crippen LogP contribution < -0.4 is 5.32 Å². The van der Waals surface area contributed by atoms with E-state index in [0.717, 1.165) is 17.0 Å². The van der Waals surface area contributed by atoms with Gasteiger partial charge in [-0.1, -0.05) is 37.6 Å². The highest BCUT2D eigenvalue weighted by atomic mass is 35.5. The molecular formula is C11H16ClN3. The van der Waals surface area contributed by atoms with E-state index in [9.17, 15) is 0 Å². The Bertz CT molecular complexity index is 361. The van der Waals surface area contributed by atoms with E-state index in [1.165, 1.54) is 6.33 Å². The van der Waals surface area contributed by atoms with Gasteiger partial charge in [-0.3, -0.25) is 0 Å². The van der Waals surface area contributed by atoms with Crippen LogP contribution in [-0.2, 0) is 0 Å². The van der Waals surface area contributed by atoms with Crippen molar-refractivity contribution < 1.29 is 0 Å². The molecule has 0 fully saturated rings. The maximum Gasteiger partial charge on any atom is 0.138 e. The summed E-state index contributed by atoms with van der Waals surface area (Å²) in [5.41, 5.74) is 2.01. The maximum absolute atomic E-state index is 6.03. The van der Waals surface area contributed by atoms with Gasteiger partial charge in [0.2, 0.25) is 0 Å². The second-order valence-electron chi connectivity index (χ2n) is 3.89. The van der Waals surface area contributed by atoms with E-state index in [4.69, 9.17) is 11.6 Å². The Kier molecular flexibility index (Phi) is 4.09.